The molecule has 0 saturated carbocycles. The van der Waals surface area contributed by atoms with Crippen molar-refractivity contribution in [3.05, 3.63) is 71.8 Å². The van der Waals surface area contributed by atoms with Crippen LogP contribution in [0.4, 0.5) is 0 Å². The molecule has 5 nitrogen and oxygen atoms in total. The summed E-state index contributed by atoms with van der Waals surface area (Å²) in [6.45, 7) is 3.89. The Bertz CT molecular complexity index is 721. The van der Waals surface area contributed by atoms with Gasteiger partial charge in [-0.2, -0.15) is 17.0 Å². The van der Waals surface area contributed by atoms with Gasteiger partial charge in [-0.1, -0.05) is 67.6 Å². The quantitative estimate of drug-likeness (QED) is 0.707. The SMILES string of the molecule is CCN(Cc1ccccc1)S(=O)(=O)N(CCCN)Cc1ccccc1. The summed E-state index contributed by atoms with van der Waals surface area (Å²) in [6.07, 6.45) is 0.634. The summed E-state index contributed by atoms with van der Waals surface area (Å²) >= 11 is 0. The Morgan fingerprint density at radius 2 is 1.32 bits per heavy atom. The Kier molecular flexibility index (Phi) is 7.58. The van der Waals surface area contributed by atoms with Crippen molar-refractivity contribution in [3.8, 4) is 0 Å². The fourth-order valence-corrected chi connectivity index (χ4v) is 4.27. The van der Waals surface area contributed by atoms with Crippen LogP contribution in [0.5, 0.6) is 0 Å². The van der Waals surface area contributed by atoms with Gasteiger partial charge in [0.2, 0.25) is 0 Å². The van der Waals surface area contributed by atoms with Crippen molar-refractivity contribution < 1.29 is 8.42 Å². The van der Waals surface area contributed by atoms with Gasteiger partial charge in [0.1, 0.15) is 0 Å². The number of nitrogens with two attached hydrogens (primary N) is 1. The predicted octanol–water partition coefficient (Wildman–Crippen LogP) is 2.60. The number of hydrogen-bond acceptors (Lipinski definition) is 3. The molecule has 0 saturated heterocycles. The Labute approximate surface area is 151 Å². The molecule has 2 aromatic rings. The first-order valence-electron chi connectivity index (χ1n) is 8.61. The minimum absolute atomic E-state index is 0.356. The first kappa shape index (κ1) is 19.6. The molecule has 25 heavy (non-hydrogen) atoms. The monoisotopic (exact) mass is 361 g/mol. The molecular weight excluding hydrogens is 334 g/mol. The molecule has 2 rings (SSSR count). The van der Waals surface area contributed by atoms with E-state index >= 15 is 0 Å². The molecule has 0 aliphatic carbocycles. The molecule has 6 heteroatoms. The summed E-state index contributed by atoms with van der Waals surface area (Å²) in [6, 6.07) is 19.3. The molecule has 0 bridgehead atoms. The lowest BCUT2D eigenvalue weighted by atomic mass is 10.2. The van der Waals surface area contributed by atoms with Crippen LogP contribution in [0.2, 0.25) is 0 Å². The fraction of sp³-hybridized carbons (Fsp3) is 0.368. The van der Waals surface area contributed by atoms with Crippen LogP contribution in [-0.2, 0) is 23.3 Å². The molecule has 0 aliphatic heterocycles. The fourth-order valence-electron chi connectivity index (χ4n) is 2.64. The van der Waals surface area contributed by atoms with Gasteiger partial charge >= 0.3 is 0 Å². The minimum Gasteiger partial charge on any atom is -0.330 e. The first-order valence-corrected chi connectivity index (χ1v) is 10.0. The molecule has 2 N–H and O–H groups in total. The Morgan fingerprint density at radius 3 is 1.76 bits per heavy atom. The van der Waals surface area contributed by atoms with Crippen molar-refractivity contribution in [2.24, 2.45) is 5.73 Å². The van der Waals surface area contributed by atoms with Crippen molar-refractivity contribution >= 4 is 10.2 Å². The molecule has 136 valence electrons. The van der Waals surface area contributed by atoms with Crippen molar-refractivity contribution in [1.82, 2.24) is 8.61 Å². The Balaban J connectivity index is 2.21. The maximum atomic E-state index is 13.2. The topological polar surface area (TPSA) is 66.6 Å². The van der Waals surface area contributed by atoms with Gasteiger partial charge in [0, 0.05) is 26.2 Å². The molecular formula is C19H27N3O2S. The van der Waals surface area contributed by atoms with E-state index < -0.39 is 10.2 Å². The average Bonchev–Trinajstić information content (AvgIpc) is 2.64. The number of hydrogen-bond donors (Lipinski definition) is 1. The van der Waals surface area contributed by atoms with E-state index in [1.807, 2.05) is 67.6 Å². The highest BCUT2D eigenvalue weighted by molar-refractivity contribution is 7.86. The third-order valence-corrected chi connectivity index (χ3v) is 6.02. The zero-order valence-electron chi connectivity index (χ0n) is 14.7. The second-order valence-corrected chi connectivity index (χ2v) is 7.81. The van der Waals surface area contributed by atoms with Gasteiger partial charge < -0.3 is 5.73 Å². The molecule has 0 unspecified atom stereocenters. The van der Waals surface area contributed by atoms with E-state index in [1.54, 1.807) is 0 Å². The van der Waals surface area contributed by atoms with E-state index in [2.05, 4.69) is 0 Å². The van der Waals surface area contributed by atoms with Crippen LogP contribution < -0.4 is 5.73 Å². The normalized spacial score (nSPS) is 12.0. The lowest BCUT2D eigenvalue weighted by Crippen LogP contribution is -2.43. The summed E-state index contributed by atoms with van der Waals surface area (Å²) in [4.78, 5) is 0. The Morgan fingerprint density at radius 1 is 0.840 bits per heavy atom. The first-order chi connectivity index (χ1) is 12.1. The highest BCUT2D eigenvalue weighted by Gasteiger charge is 2.28. The van der Waals surface area contributed by atoms with Gasteiger partial charge in [0.05, 0.1) is 0 Å². The highest BCUT2D eigenvalue weighted by atomic mass is 32.2. The van der Waals surface area contributed by atoms with E-state index in [9.17, 15) is 8.42 Å². The van der Waals surface area contributed by atoms with Gasteiger partial charge in [-0.3, -0.25) is 0 Å². The minimum atomic E-state index is -3.57. The van der Waals surface area contributed by atoms with E-state index in [0.29, 0.717) is 39.1 Å². The zero-order valence-corrected chi connectivity index (χ0v) is 15.5. The van der Waals surface area contributed by atoms with E-state index in [-0.39, 0.29) is 0 Å². The molecule has 0 fully saturated rings. The molecule has 0 aliphatic rings. The molecule has 2 aromatic carbocycles. The molecule has 0 heterocycles. The van der Waals surface area contributed by atoms with Crippen molar-refractivity contribution in [2.75, 3.05) is 19.6 Å². The van der Waals surface area contributed by atoms with Gasteiger partial charge in [-0.25, -0.2) is 0 Å². The van der Waals surface area contributed by atoms with Crippen molar-refractivity contribution in [2.45, 2.75) is 26.4 Å². The number of rotatable bonds is 10. The average molecular weight is 362 g/mol. The predicted molar refractivity (Wildman–Crippen MR) is 102 cm³/mol. The maximum Gasteiger partial charge on any atom is 0.282 e. The molecule has 0 amide bonds. The van der Waals surface area contributed by atoms with Crippen molar-refractivity contribution in [3.63, 3.8) is 0 Å². The summed E-state index contributed by atoms with van der Waals surface area (Å²) in [5, 5.41) is 0. The smallest absolute Gasteiger partial charge is 0.282 e. The van der Waals surface area contributed by atoms with Crippen LogP contribution in [0, 0.1) is 0 Å². The van der Waals surface area contributed by atoms with Crippen LogP contribution in [0.1, 0.15) is 24.5 Å². The third-order valence-electron chi connectivity index (χ3n) is 4.02. The van der Waals surface area contributed by atoms with E-state index in [4.69, 9.17) is 5.73 Å². The van der Waals surface area contributed by atoms with E-state index in [1.165, 1.54) is 8.61 Å². The second-order valence-electron chi connectivity index (χ2n) is 5.88. The Hall–Kier alpha value is -1.73. The van der Waals surface area contributed by atoms with Gasteiger partial charge in [-0.05, 0) is 24.1 Å². The lowest BCUT2D eigenvalue weighted by Gasteiger charge is -2.29. The summed E-state index contributed by atoms with van der Waals surface area (Å²) < 4.78 is 29.4. The van der Waals surface area contributed by atoms with Crippen LogP contribution >= 0.6 is 0 Å². The van der Waals surface area contributed by atoms with Gasteiger partial charge in [-0.15, -0.1) is 0 Å². The van der Waals surface area contributed by atoms with Crippen LogP contribution in [-0.4, -0.2) is 36.7 Å². The lowest BCUT2D eigenvalue weighted by molar-refractivity contribution is 0.332. The van der Waals surface area contributed by atoms with Gasteiger partial charge in [0.25, 0.3) is 10.2 Å². The van der Waals surface area contributed by atoms with Crippen LogP contribution in [0.25, 0.3) is 0 Å². The number of benzene rings is 2. The second kappa shape index (κ2) is 9.68. The molecule has 0 spiro atoms. The maximum absolute atomic E-state index is 13.2. The molecule has 0 atom stereocenters. The largest absolute Gasteiger partial charge is 0.330 e. The zero-order chi connectivity index (χ0) is 18.1. The number of nitrogens with zero attached hydrogens (tertiary/aromatic N) is 2. The molecule has 0 aromatic heterocycles. The van der Waals surface area contributed by atoms with Crippen LogP contribution in [0.15, 0.2) is 60.7 Å². The summed E-state index contributed by atoms with van der Waals surface area (Å²) in [5.41, 5.74) is 7.56. The summed E-state index contributed by atoms with van der Waals surface area (Å²) in [5.74, 6) is 0. The highest BCUT2D eigenvalue weighted by Crippen LogP contribution is 2.17. The van der Waals surface area contributed by atoms with E-state index in [0.717, 1.165) is 11.1 Å². The summed E-state index contributed by atoms with van der Waals surface area (Å²) in [7, 11) is -3.57. The van der Waals surface area contributed by atoms with Crippen LogP contribution in [0.3, 0.4) is 0 Å². The van der Waals surface area contributed by atoms with Gasteiger partial charge in [0.15, 0.2) is 0 Å². The van der Waals surface area contributed by atoms with Crippen molar-refractivity contribution in [1.29, 1.82) is 0 Å². The standard InChI is InChI=1S/C19H27N3O2S/c1-2-21(16-18-10-5-3-6-11-18)25(23,24)22(15-9-14-20)17-19-12-7-4-8-13-19/h3-8,10-13H,2,9,14-17,20H2,1H3. The molecule has 0 radical (unpaired) electrons. The third kappa shape index (κ3) is 5.64.